The summed E-state index contributed by atoms with van der Waals surface area (Å²) in [5, 5.41) is 68.4. The Kier molecular flexibility index (Phi) is 4.92. The number of phenols is 3. The third kappa shape index (κ3) is 3.18. The fraction of sp³-hybridized carbons (Fsp3) is 0.316. The smallest absolute Gasteiger partial charge is 0.229 e. The zero-order valence-electron chi connectivity index (χ0n) is 15.2. The summed E-state index contributed by atoms with van der Waals surface area (Å²) >= 11 is 0. The van der Waals surface area contributed by atoms with Crippen molar-refractivity contribution in [2.45, 2.75) is 30.7 Å². The van der Waals surface area contributed by atoms with Crippen LogP contribution < -0.4 is 10.2 Å². The first-order chi connectivity index (χ1) is 14.2. The molecule has 5 atom stereocenters. The first kappa shape index (κ1) is 20.2. The number of fused-ring (bicyclic) bond motifs is 2. The average molecular weight is 422 g/mol. The van der Waals surface area contributed by atoms with Crippen molar-refractivity contribution in [1.29, 1.82) is 0 Å². The molecule has 11 nitrogen and oxygen atoms in total. The van der Waals surface area contributed by atoms with Crippen LogP contribution in [0.4, 0.5) is 0 Å². The molecule has 0 spiro atoms. The predicted octanol–water partition coefficient (Wildman–Crippen LogP) is -0.758. The lowest BCUT2D eigenvalue weighted by atomic mass is 9.99. The summed E-state index contributed by atoms with van der Waals surface area (Å²) in [6.07, 6.45) is -7.78. The molecule has 1 saturated heterocycles. The van der Waals surface area contributed by atoms with Gasteiger partial charge in [-0.15, -0.1) is 0 Å². The molecule has 2 heterocycles. The maximum atomic E-state index is 12.8. The minimum absolute atomic E-state index is 0.0233. The van der Waals surface area contributed by atoms with Crippen LogP contribution in [-0.2, 0) is 4.74 Å². The molecule has 0 saturated carbocycles. The molecule has 0 bridgehead atoms. The van der Waals surface area contributed by atoms with Crippen molar-refractivity contribution < 1.29 is 49.6 Å². The lowest BCUT2D eigenvalue weighted by Crippen LogP contribution is -2.60. The molecule has 160 valence electrons. The Hall–Kier alpha value is -3.09. The van der Waals surface area contributed by atoms with E-state index in [-0.39, 0.29) is 27.7 Å². The maximum Gasteiger partial charge on any atom is 0.229 e. The van der Waals surface area contributed by atoms with Crippen LogP contribution in [0.2, 0.25) is 0 Å². The summed E-state index contributed by atoms with van der Waals surface area (Å²) in [5.41, 5.74) is -0.666. The summed E-state index contributed by atoms with van der Waals surface area (Å²) in [4.78, 5) is 12.8. The highest BCUT2D eigenvalue weighted by molar-refractivity contribution is 5.92. The summed E-state index contributed by atoms with van der Waals surface area (Å²) in [7, 11) is 0. The van der Waals surface area contributed by atoms with E-state index in [1.54, 1.807) is 0 Å². The van der Waals surface area contributed by atoms with E-state index in [0.29, 0.717) is 0 Å². The lowest BCUT2D eigenvalue weighted by molar-refractivity contribution is -0.277. The number of hydrogen-bond donors (Lipinski definition) is 7. The summed E-state index contributed by atoms with van der Waals surface area (Å²) in [5.74, 6) is -1.81. The van der Waals surface area contributed by atoms with E-state index >= 15 is 0 Å². The van der Waals surface area contributed by atoms with E-state index in [4.69, 9.17) is 13.9 Å². The van der Waals surface area contributed by atoms with Crippen molar-refractivity contribution >= 4 is 21.9 Å². The molecule has 2 aromatic carbocycles. The monoisotopic (exact) mass is 422 g/mol. The molecule has 1 aliphatic heterocycles. The number of aliphatic hydroxyl groups is 4. The Morgan fingerprint density at radius 3 is 2.10 bits per heavy atom. The van der Waals surface area contributed by atoms with E-state index < -0.39 is 60.0 Å². The molecule has 1 aliphatic rings. The standard InChI is InChI=1S/C19H18O11/c20-5-14-16(25)17(26)18(27)19(30-14)29-13-2-7-12(4-10(13)23)28-11-3-9(22)8(21)1-6(11)15(7)24/h1-4,14,16-23,25-27H,5H2. The SMILES string of the molecule is O=c1c2cc(O)c(O)cc2oc2cc(O)c(OC3OC(CO)C(O)C(O)C3O)cc12. The molecule has 0 amide bonds. The Morgan fingerprint density at radius 1 is 0.833 bits per heavy atom. The van der Waals surface area contributed by atoms with Crippen LogP contribution in [0.15, 0.2) is 33.5 Å². The molecule has 11 heteroatoms. The summed E-state index contributed by atoms with van der Waals surface area (Å²) < 4.78 is 16.1. The topological polar surface area (TPSA) is 190 Å². The van der Waals surface area contributed by atoms with Crippen LogP contribution in [0.1, 0.15) is 0 Å². The van der Waals surface area contributed by atoms with Crippen LogP contribution in [0, 0.1) is 0 Å². The molecular formula is C19H18O11. The number of aliphatic hydroxyl groups excluding tert-OH is 4. The zero-order chi connectivity index (χ0) is 21.7. The lowest BCUT2D eigenvalue weighted by Gasteiger charge is -2.39. The fourth-order valence-corrected chi connectivity index (χ4v) is 3.28. The van der Waals surface area contributed by atoms with Gasteiger partial charge >= 0.3 is 0 Å². The van der Waals surface area contributed by atoms with Crippen LogP contribution in [0.25, 0.3) is 21.9 Å². The van der Waals surface area contributed by atoms with Gasteiger partial charge in [-0.05, 0) is 12.1 Å². The van der Waals surface area contributed by atoms with Gasteiger partial charge in [-0.25, -0.2) is 0 Å². The first-order valence-electron chi connectivity index (χ1n) is 8.84. The van der Waals surface area contributed by atoms with Crippen molar-refractivity contribution in [3.63, 3.8) is 0 Å². The van der Waals surface area contributed by atoms with Gasteiger partial charge in [0, 0.05) is 12.1 Å². The number of benzene rings is 2. The summed E-state index contributed by atoms with van der Waals surface area (Å²) in [6.45, 7) is -0.666. The van der Waals surface area contributed by atoms with Crippen molar-refractivity contribution in [1.82, 2.24) is 0 Å². The molecule has 30 heavy (non-hydrogen) atoms. The normalized spacial score (nSPS) is 26.9. The van der Waals surface area contributed by atoms with Gasteiger partial charge in [0.25, 0.3) is 0 Å². The van der Waals surface area contributed by atoms with Crippen LogP contribution >= 0.6 is 0 Å². The molecule has 1 fully saturated rings. The van der Waals surface area contributed by atoms with E-state index in [2.05, 4.69) is 0 Å². The van der Waals surface area contributed by atoms with Gasteiger partial charge in [0.2, 0.25) is 11.7 Å². The van der Waals surface area contributed by atoms with Gasteiger partial charge < -0.3 is 49.6 Å². The largest absolute Gasteiger partial charge is 0.504 e. The van der Waals surface area contributed by atoms with E-state index in [0.717, 1.165) is 24.3 Å². The van der Waals surface area contributed by atoms with Crippen LogP contribution in [0.3, 0.4) is 0 Å². The highest BCUT2D eigenvalue weighted by Gasteiger charge is 2.45. The van der Waals surface area contributed by atoms with Gasteiger partial charge in [-0.3, -0.25) is 4.79 Å². The zero-order valence-corrected chi connectivity index (χ0v) is 15.2. The second-order valence-electron chi connectivity index (χ2n) is 6.90. The number of rotatable bonds is 3. The van der Waals surface area contributed by atoms with E-state index in [1.165, 1.54) is 0 Å². The fourth-order valence-electron chi connectivity index (χ4n) is 3.28. The second-order valence-corrected chi connectivity index (χ2v) is 6.90. The number of ether oxygens (including phenoxy) is 2. The Labute approximate surface area is 167 Å². The molecular weight excluding hydrogens is 404 g/mol. The molecule has 5 unspecified atom stereocenters. The molecule has 7 N–H and O–H groups in total. The Morgan fingerprint density at radius 2 is 1.43 bits per heavy atom. The van der Waals surface area contributed by atoms with Gasteiger partial charge in [-0.2, -0.15) is 0 Å². The Balaban J connectivity index is 1.77. The predicted molar refractivity (Wildman–Crippen MR) is 99.4 cm³/mol. The van der Waals surface area contributed by atoms with Crippen molar-refractivity contribution in [3.05, 3.63) is 34.5 Å². The molecule has 3 aromatic rings. The highest BCUT2D eigenvalue weighted by Crippen LogP contribution is 2.36. The molecule has 4 rings (SSSR count). The number of aromatic hydroxyl groups is 3. The van der Waals surface area contributed by atoms with Crippen LogP contribution in [0.5, 0.6) is 23.0 Å². The third-order valence-corrected chi connectivity index (χ3v) is 4.94. The van der Waals surface area contributed by atoms with Crippen molar-refractivity contribution in [2.75, 3.05) is 6.61 Å². The highest BCUT2D eigenvalue weighted by atomic mass is 16.7. The first-order valence-corrected chi connectivity index (χ1v) is 8.84. The van der Waals surface area contributed by atoms with Crippen LogP contribution in [-0.4, -0.2) is 73.1 Å². The van der Waals surface area contributed by atoms with E-state index in [1.807, 2.05) is 0 Å². The molecule has 1 aromatic heterocycles. The minimum Gasteiger partial charge on any atom is -0.504 e. The number of phenolic OH excluding ortho intramolecular Hbond substituents is 3. The molecule has 0 radical (unpaired) electrons. The third-order valence-electron chi connectivity index (χ3n) is 4.94. The van der Waals surface area contributed by atoms with Gasteiger partial charge in [-0.1, -0.05) is 0 Å². The van der Waals surface area contributed by atoms with Gasteiger partial charge in [0.1, 0.15) is 35.6 Å². The van der Waals surface area contributed by atoms with Crippen molar-refractivity contribution in [2.24, 2.45) is 0 Å². The van der Waals surface area contributed by atoms with E-state index in [9.17, 15) is 40.5 Å². The average Bonchev–Trinajstić information content (AvgIpc) is 2.71. The summed E-state index contributed by atoms with van der Waals surface area (Å²) in [6, 6.07) is 4.27. The molecule has 0 aliphatic carbocycles. The maximum absolute atomic E-state index is 12.8. The minimum atomic E-state index is -1.72. The van der Waals surface area contributed by atoms with Crippen molar-refractivity contribution in [3.8, 4) is 23.0 Å². The second kappa shape index (κ2) is 7.31. The van der Waals surface area contributed by atoms with Gasteiger partial charge in [0.05, 0.1) is 17.4 Å². The quantitative estimate of drug-likeness (QED) is 0.207. The van der Waals surface area contributed by atoms with Gasteiger partial charge in [0.15, 0.2) is 23.0 Å². The Bertz CT molecular complexity index is 1170. The number of hydrogen-bond acceptors (Lipinski definition) is 11.